The van der Waals surface area contributed by atoms with Crippen LogP contribution in [0.4, 0.5) is 4.39 Å². The van der Waals surface area contributed by atoms with E-state index in [1.807, 2.05) is 6.92 Å². The van der Waals surface area contributed by atoms with Crippen LogP contribution < -0.4 is 11.1 Å². The fourth-order valence-corrected chi connectivity index (χ4v) is 1.06. The van der Waals surface area contributed by atoms with Crippen LogP contribution in [0.3, 0.4) is 0 Å². The molecule has 1 rings (SSSR count). The number of guanidine groups is 1. The van der Waals surface area contributed by atoms with Crippen molar-refractivity contribution in [1.82, 2.24) is 5.32 Å². The summed E-state index contributed by atoms with van der Waals surface area (Å²) in [6.45, 7) is 6.69. The molecule has 0 saturated heterocycles. The highest BCUT2D eigenvalue weighted by molar-refractivity contribution is 14.0. The Morgan fingerprint density at radius 3 is 2.53 bits per heavy atom. The standard InChI is InChI=1S/C12H16FN3.HI/c1-9(2)7-15-12(14)16-8-10-3-5-11(13)6-4-10;/h3-6H,1,7-8H2,2H3,(H3,14,15,16);1H. The van der Waals surface area contributed by atoms with Gasteiger partial charge in [0.2, 0.25) is 0 Å². The maximum atomic E-state index is 12.6. The second-order valence-electron chi connectivity index (χ2n) is 3.64. The molecule has 0 spiro atoms. The molecule has 0 aliphatic heterocycles. The normalized spacial score (nSPS) is 10.6. The highest BCUT2D eigenvalue weighted by Crippen LogP contribution is 2.03. The lowest BCUT2D eigenvalue weighted by atomic mass is 10.2. The van der Waals surface area contributed by atoms with E-state index >= 15 is 0 Å². The van der Waals surface area contributed by atoms with E-state index in [9.17, 15) is 4.39 Å². The minimum absolute atomic E-state index is 0. The SMILES string of the molecule is C=C(C)CNC(N)=NCc1ccc(F)cc1.I. The molecule has 3 N–H and O–H groups in total. The largest absolute Gasteiger partial charge is 0.370 e. The lowest BCUT2D eigenvalue weighted by Gasteiger charge is -2.04. The summed E-state index contributed by atoms with van der Waals surface area (Å²) in [5.41, 5.74) is 7.53. The van der Waals surface area contributed by atoms with E-state index in [0.717, 1.165) is 11.1 Å². The Morgan fingerprint density at radius 1 is 1.41 bits per heavy atom. The first kappa shape index (κ1) is 15.9. The van der Waals surface area contributed by atoms with Crippen LogP contribution in [0.1, 0.15) is 12.5 Å². The smallest absolute Gasteiger partial charge is 0.189 e. The Bertz CT molecular complexity index is 387. The van der Waals surface area contributed by atoms with Gasteiger partial charge in [0.25, 0.3) is 0 Å². The van der Waals surface area contributed by atoms with Gasteiger partial charge in [-0.05, 0) is 24.6 Å². The van der Waals surface area contributed by atoms with Crippen LogP contribution in [0.5, 0.6) is 0 Å². The second-order valence-corrected chi connectivity index (χ2v) is 3.64. The zero-order valence-corrected chi connectivity index (χ0v) is 12.1. The van der Waals surface area contributed by atoms with Crippen LogP contribution in [0.15, 0.2) is 41.4 Å². The summed E-state index contributed by atoms with van der Waals surface area (Å²) in [7, 11) is 0. The fraction of sp³-hybridized carbons (Fsp3) is 0.250. The third-order valence-corrected chi connectivity index (χ3v) is 1.92. The molecular formula is C12H17FIN3. The molecule has 0 saturated carbocycles. The summed E-state index contributed by atoms with van der Waals surface area (Å²) in [4.78, 5) is 4.12. The summed E-state index contributed by atoms with van der Waals surface area (Å²) in [5, 5.41) is 2.92. The van der Waals surface area contributed by atoms with E-state index in [2.05, 4.69) is 16.9 Å². The first-order valence-corrected chi connectivity index (χ1v) is 5.00. The maximum Gasteiger partial charge on any atom is 0.189 e. The fourth-order valence-electron chi connectivity index (χ4n) is 1.06. The van der Waals surface area contributed by atoms with Gasteiger partial charge in [0.15, 0.2) is 5.96 Å². The third kappa shape index (κ3) is 6.93. The van der Waals surface area contributed by atoms with Crippen LogP contribution in [0.2, 0.25) is 0 Å². The van der Waals surface area contributed by atoms with Crippen molar-refractivity contribution in [2.45, 2.75) is 13.5 Å². The number of aliphatic imine (C=N–C) groups is 1. The molecule has 0 heterocycles. The summed E-state index contributed by atoms with van der Waals surface area (Å²) in [6, 6.07) is 6.18. The molecule has 1 aromatic rings. The summed E-state index contributed by atoms with van der Waals surface area (Å²) >= 11 is 0. The quantitative estimate of drug-likeness (QED) is 0.380. The number of nitrogens with two attached hydrogens (primary N) is 1. The van der Waals surface area contributed by atoms with Crippen LogP contribution in [0, 0.1) is 5.82 Å². The van der Waals surface area contributed by atoms with Crippen molar-refractivity contribution in [2.24, 2.45) is 10.7 Å². The molecule has 0 aromatic heterocycles. The van der Waals surface area contributed by atoms with Crippen molar-refractivity contribution >= 4 is 29.9 Å². The minimum Gasteiger partial charge on any atom is -0.370 e. The topological polar surface area (TPSA) is 50.4 Å². The van der Waals surface area contributed by atoms with E-state index in [-0.39, 0.29) is 29.8 Å². The molecule has 0 aliphatic carbocycles. The molecule has 0 radical (unpaired) electrons. The van der Waals surface area contributed by atoms with Gasteiger partial charge in [0.1, 0.15) is 5.82 Å². The van der Waals surface area contributed by atoms with Gasteiger partial charge in [-0.3, -0.25) is 0 Å². The molecule has 5 heteroatoms. The highest BCUT2D eigenvalue weighted by Gasteiger charge is 1.94. The zero-order valence-electron chi connectivity index (χ0n) is 9.74. The molecular weight excluding hydrogens is 332 g/mol. The van der Waals surface area contributed by atoms with E-state index in [0.29, 0.717) is 19.0 Å². The number of nitrogens with zero attached hydrogens (tertiary/aromatic N) is 1. The molecule has 94 valence electrons. The van der Waals surface area contributed by atoms with Crippen molar-refractivity contribution in [3.05, 3.63) is 47.8 Å². The van der Waals surface area contributed by atoms with Gasteiger partial charge in [-0.1, -0.05) is 24.3 Å². The number of benzene rings is 1. The molecule has 0 atom stereocenters. The Labute approximate surface area is 118 Å². The van der Waals surface area contributed by atoms with Gasteiger partial charge >= 0.3 is 0 Å². The van der Waals surface area contributed by atoms with Gasteiger partial charge in [-0.15, -0.1) is 24.0 Å². The Kier molecular flexibility index (Phi) is 7.53. The van der Waals surface area contributed by atoms with Gasteiger partial charge in [-0.2, -0.15) is 0 Å². The lowest BCUT2D eigenvalue weighted by molar-refractivity contribution is 0.627. The Morgan fingerprint density at radius 2 is 2.00 bits per heavy atom. The van der Waals surface area contributed by atoms with Crippen molar-refractivity contribution in [3.63, 3.8) is 0 Å². The van der Waals surface area contributed by atoms with Gasteiger partial charge in [0.05, 0.1) is 6.54 Å². The molecule has 3 nitrogen and oxygen atoms in total. The molecule has 1 aromatic carbocycles. The van der Waals surface area contributed by atoms with Crippen LogP contribution >= 0.6 is 24.0 Å². The summed E-state index contributed by atoms with van der Waals surface area (Å²) < 4.78 is 12.6. The first-order valence-electron chi connectivity index (χ1n) is 5.00. The number of hydrogen-bond donors (Lipinski definition) is 2. The Hall–Kier alpha value is -1.11. The third-order valence-electron chi connectivity index (χ3n) is 1.92. The maximum absolute atomic E-state index is 12.6. The second kappa shape index (κ2) is 8.05. The number of hydrogen-bond acceptors (Lipinski definition) is 1. The zero-order chi connectivity index (χ0) is 12.0. The van der Waals surface area contributed by atoms with E-state index in [1.165, 1.54) is 12.1 Å². The predicted octanol–water partition coefficient (Wildman–Crippen LogP) is 2.42. The average molecular weight is 349 g/mol. The van der Waals surface area contributed by atoms with Gasteiger partial charge in [0, 0.05) is 6.54 Å². The molecule has 0 unspecified atom stereocenters. The number of halogens is 2. The summed E-state index contributed by atoms with van der Waals surface area (Å²) in [5.74, 6) is 0.119. The molecule has 0 fully saturated rings. The molecule has 0 bridgehead atoms. The molecule has 17 heavy (non-hydrogen) atoms. The van der Waals surface area contributed by atoms with Crippen LogP contribution in [0.25, 0.3) is 0 Å². The van der Waals surface area contributed by atoms with Crippen molar-refractivity contribution in [3.8, 4) is 0 Å². The van der Waals surface area contributed by atoms with E-state index in [1.54, 1.807) is 12.1 Å². The van der Waals surface area contributed by atoms with Crippen molar-refractivity contribution in [1.29, 1.82) is 0 Å². The predicted molar refractivity (Wildman–Crippen MR) is 80.0 cm³/mol. The molecule has 0 aliphatic rings. The van der Waals surface area contributed by atoms with Crippen molar-refractivity contribution < 1.29 is 4.39 Å². The van der Waals surface area contributed by atoms with Gasteiger partial charge < -0.3 is 11.1 Å². The van der Waals surface area contributed by atoms with Crippen LogP contribution in [-0.4, -0.2) is 12.5 Å². The Balaban J connectivity index is 0.00000256. The van der Waals surface area contributed by atoms with E-state index in [4.69, 9.17) is 5.73 Å². The summed E-state index contributed by atoms with van der Waals surface area (Å²) in [6.07, 6.45) is 0. The average Bonchev–Trinajstić information content (AvgIpc) is 2.25. The van der Waals surface area contributed by atoms with Crippen molar-refractivity contribution in [2.75, 3.05) is 6.54 Å². The van der Waals surface area contributed by atoms with Gasteiger partial charge in [-0.25, -0.2) is 9.38 Å². The highest BCUT2D eigenvalue weighted by atomic mass is 127. The van der Waals surface area contributed by atoms with Crippen LogP contribution in [-0.2, 0) is 6.54 Å². The lowest BCUT2D eigenvalue weighted by Crippen LogP contribution is -2.32. The van der Waals surface area contributed by atoms with E-state index < -0.39 is 0 Å². The number of rotatable bonds is 4. The monoisotopic (exact) mass is 349 g/mol. The number of nitrogens with one attached hydrogen (secondary N) is 1. The minimum atomic E-state index is -0.249. The molecule has 0 amide bonds. The first-order chi connectivity index (χ1) is 7.58.